The molecule has 2 aromatic rings. The van der Waals surface area contributed by atoms with Gasteiger partial charge in [0.05, 0.1) is 13.5 Å². The van der Waals surface area contributed by atoms with Gasteiger partial charge in [-0.15, -0.1) is 0 Å². The van der Waals surface area contributed by atoms with Crippen molar-refractivity contribution in [3.63, 3.8) is 0 Å². The Kier molecular flexibility index (Phi) is 8.33. The molecule has 0 heterocycles. The highest BCUT2D eigenvalue weighted by Gasteiger charge is 2.26. The van der Waals surface area contributed by atoms with Crippen LogP contribution in [0.1, 0.15) is 31.4 Å². The number of benzene rings is 2. The van der Waals surface area contributed by atoms with Crippen molar-refractivity contribution in [1.82, 2.24) is 10.2 Å². The van der Waals surface area contributed by atoms with Crippen molar-refractivity contribution >= 4 is 23.4 Å². The van der Waals surface area contributed by atoms with E-state index in [9.17, 15) is 9.59 Å². The number of halogens is 1. The summed E-state index contributed by atoms with van der Waals surface area (Å²) in [7, 11) is 1.60. The SMILES string of the molecule is CCCNC(=O)[C@@H](C)N(Cc1ccccc1Cl)C(=O)Cc1ccc(OC)cc1. The Balaban J connectivity index is 2.21. The van der Waals surface area contributed by atoms with Crippen LogP contribution in [0, 0.1) is 0 Å². The van der Waals surface area contributed by atoms with E-state index in [1.54, 1.807) is 25.0 Å². The second-order valence-corrected chi connectivity index (χ2v) is 7.01. The highest BCUT2D eigenvalue weighted by molar-refractivity contribution is 6.31. The first kappa shape index (κ1) is 21.8. The Morgan fingerprint density at radius 2 is 1.82 bits per heavy atom. The maximum Gasteiger partial charge on any atom is 0.242 e. The third kappa shape index (κ3) is 5.99. The number of hydrogen-bond donors (Lipinski definition) is 1. The second kappa shape index (κ2) is 10.7. The van der Waals surface area contributed by atoms with Crippen LogP contribution in [0.3, 0.4) is 0 Å². The molecule has 2 amide bonds. The van der Waals surface area contributed by atoms with Crippen molar-refractivity contribution in [1.29, 1.82) is 0 Å². The molecule has 0 unspecified atom stereocenters. The second-order valence-electron chi connectivity index (χ2n) is 6.60. The van der Waals surface area contributed by atoms with Gasteiger partial charge in [0.2, 0.25) is 11.8 Å². The highest BCUT2D eigenvalue weighted by atomic mass is 35.5. The third-order valence-electron chi connectivity index (χ3n) is 4.53. The molecular weight excluding hydrogens is 376 g/mol. The van der Waals surface area contributed by atoms with Gasteiger partial charge in [0, 0.05) is 18.1 Å². The number of amides is 2. The Morgan fingerprint density at radius 3 is 2.43 bits per heavy atom. The lowest BCUT2D eigenvalue weighted by atomic mass is 10.1. The molecule has 0 radical (unpaired) electrons. The summed E-state index contributed by atoms with van der Waals surface area (Å²) in [5, 5.41) is 3.44. The van der Waals surface area contributed by atoms with E-state index in [4.69, 9.17) is 16.3 Å². The molecule has 28 heavy (non-hydrogen) atoms. The number of carbonyl (C=O) groups excluding carboxylic acids is 2. The molecule has 1 N–H and O–H groups in total. The molecule has 0 aliphatic heterocycles. The number of carbonyl (C=O) groups is 2. The quantitative estimate of drug-likeness (QED) is 0.693. The van der Waals surface area contributed by atoms with Gasteiger partial charge in [-0.2, -0.15) is 0 Å². The van der Waals surface area contributed by atoms with E-state index >= 15 is 0 Å². The molecule has 5 nitrogen and oxygen atoms in total. The van der Waals surface area contributed by atoms with Crippen LogP contribution in [-0.4, -0.2) is 36.4 Å². The van der Waals surface area contributed by atoms with Crippen LogP contribution in [0.25, 0.3) is 0 Å². The molecule has 0 spiro atoms. The van der Waals surface area contributed by atoms with E-state index in [-0.39, 0.29) is 24.8 Å². The topological polar surface area (TPSA) is 58.6 Å². The monoisotopic (exact) mass is 402 g/mol. The Morgan fingerprint density at radius 1 is 1.14 bits per heavy atom. The average molecular weight is 403 g/mol. The first-order valence-corrected chi connectivity index (χ1v) is 9.77. The summed E-state index contributed by atoms with van der Waals surface area (Å²) in [6, 6.07) is 14.1. The molecule has 2 aromatic carbocycles. The van der Waals surface area contributed by atoms with Crippen molar-refractivity contribution in [2.75, 3.05) is 13.7 Å². The van der Waals surface area contributed by atoms with Gasteiger partial charge in [-0.3, -0.25) is 9.59 Å². The van der Waals surface area contributed by atoms with Gasteiger partial charge in [-0.1, -0.05) is 48.9 Å². The smallest absolute Gasteiger partial charge is 0.242 e. The molecule has 0 aliphatic carbocycles. The minimum Gasteiger partial charge on any atom is -0.497 e. The van der Waals surface area contributed by atoms with E-state index in [0.717, 1.165) is 23.3 Å². The van der Waals surface area contributed by atoms with Gasteiger partial charge in [0.1, 0.15) is 11.8 Å². The fourth-order valence-corrected chi connectivity index (χ4v) is 3.00. The van der Waals surface area contributed by atoms with E-state index in [0.29, 0.717) is 11.6 Å². The largest absolute Gasteiger partial charge is 0.497 e. The van der Waals surface area contributed by atoms with Gasteiger partial charge in [-0.05, 0) is 42.7 Å². The number of rotatable bonds is 9. The third-order valence-corrected chi connectivity index (χ3v) is 4.90. The lowest BCUT2D eigenvalue weighted by molar-refractivity contribution is -0.140. The number of nitrogens with zero attached hydrogens (tertiary/aromatic N) is 1. The molecule has 0 fully saturated rings. The predicted molar refractivity (Wildman–Crippen MR) is 111 cm³/mol. The van der Waals surface area contributed by atoms with Crippen molar-refractivity contribution in [3.8, 4) is 5.75 Å². The Labute approximate surface area is 171 Å². The first-order valence-electron chi connectivity index (χ1n) is 9.39. The Hall–Kier alpha value is -2.53. The zero-order valence-electron chi connectivity index (χ0n) is 16.6. The van der Waals surface area contributed by atoms with Crippen LogP contribution in [-0.2, 0) is 22.6 Å². The molecule has 6 heteroatoms. The van der Waals surface area contributed by atoms with Crippen LogP contribution in [0.15, 0.2) is 48.5 Å². The highest BCUT2D eigenvalue weighted by Crippen LogP contribution is 2.20. The summed E-state index contributed by atoms with van der Waals surface area (Å²) < 4.78 is 5.16. The maximum atomic E-state index is 13.1. The lowest BCUT2D eigenvalue weighted by Crippen LogP contribution is -2.48. The molecule has 2 rings (SSSR count). The summed E-state index contributed by atoms with van der Waals surface area (Å²) in [6.45, 7) is 4.58. The predicted octanol–water partition coefficient (Wildman–Crippen LogP) is 3.83. The van der Waals surface area contributed by atoms with Gasteiger partial charge >= 0.3 is 0 Å². The van der Waals surface area contributed by atoms with E-state index < -0.39 is 6.04 Å². The maximum absolute atomic E-state index is 13.1. The molecular formula is C22H27ClN2O3. The molecule has 0 saturated carbocycles. The van der Waals surface area contributed by atoms with Crippen LogP contribution < -0.4 is 10.1 Å². The van der Waals surface area contributed by atoms with Crippen LogP contribution >= 0.6 is 11.6 Å². The summed E-state index contributed by atoms with van der Waals surface area (Å²) >= 11 is 6.28. The Bertz CT molecular complexity index is 793. The minimum atomic E-state index is -0.603. The number of methoxy groups -OCH3 is 1. The van der Waals surface area contributed by atoms with E-state index in [1.165, 1.54) is 0 Å². The van der Waals surface area contributed by atoms with Crippen LogP contribution in [0.4, 0.5) is 0 Å². The van der Waals surface area contributed by atoms with Crippen molar-refractivity contribution in [2.24, 2.45) is 0 Å². The van der Waals surface area contributed by atoms with E-state index in [1.807, 2.05) is 49.4 Å². The number of nitrogens with one attached hydrogen (secondary N) is 1. The fourth-order valence-electron chi connectivity index (χ4n) is 2.81. The van der Waals surface area contributed by atoms with Gasteiger partial charge in [0.15, 0.2) is 0 Å². The molecule has 0 aliphatic rings. The van der Waals surface area contributed by atoms with Crippen LogP contribution in [0.5, 0.6) is 5.75 Å². The number of hydrogen-bond acceptors (Lipinski definition) is 3. The molecule has 0 bridgehead atoms. The van der Waals surface area contributed by atoms with Gasteiger partial charge in [-0.25, -0.2) is 0 Å². The molecule has 1 atom stereocenters. The van der Waals surface area contributed by atoms with Crippen molar-refractivity contribution < 1.29 is 14.3 Å². The molecule has 0 aromatic heterocycles. The number of ether oxygens (including phenoxy) is 1. The normalized spacial score (nSPS) is 11.6. The zero-order valence-corrected chi connectivity index (χ0v) is 17.3. The van der Waals surface area contributed by atoms with Gasteiger partial charge < -0.3 is 15.0 Å². The zero-order chi connectivity index (χ0) is 20.5. The fraction of sp³-hybridized carbons (Fsp3) is 0.364. The van der Waals surface area contributed by atoms with Crippen molar-refractivity contribution in [3.05, 3.63) is 64.7 Å². The van der Waals surface area contributed by atoms with Gasteiger partial charge in [0.25, 0.3) is 0 Å². The first-order chi connectivity index (χ1) is 13.5. The minimum absolute atomic E-state index is 0.135. The summed E-state index contributed by atoms with van der Waals surface area (Å²) in [6.07, 6.45) is 1.03. The molecule has 0 saturated heterocycles. The summed E-state index contributed by atoms with van der Waals surface area (Å²) in [4.78, 5) is 27.2. The van der Waals surface area contributed by atoms with Crippen LogP contribution in [0.2, 0.25) is 5.02 Å². The van der Waals surface area contributed by atoms with Crippen molar-refractivity contribution in [2.45, 2.75) is 39.3 Å². The average Bonchev–Trinajstić information content (AvgIpc) is 2.71. The summed E-state index contributed by atoms with van der Waals surface area (Å²) in [5.74, 6) is 0.428. The lowest BCUT2D eigenvalue weighted by Gasteiger charge is -2.29. The summed E-state index contributed by atoms with van der Waals surface area (Å²) in [5.41, 5.74) is 1.67. The standard InChI is InChI=1S/C22H27ClN2O3/c1-4-13-24-22(27)16(2)25(15-18-7-5-6-8-20(18)23)21(26)14-17-9-11-19(28-3)12-10-17/h5-12,16H,4,13-15H2,1-3H3,(H,24,27)/t16-/m1/s1. The molecule has 150 valence electrons. The van der Waals surface area contributed by atoms with E-state index in [2.05, 4.69) is 5.32 Å².